The van der Waals surface area contributed by atoms with Gasteiger partial charge >= 0.3 is 0 Å². The van der Waals surface area contributed by atoms with Crippen LogP contribution in [0.3, 0.4) is 0 Å². The van der Waals surface area contributed by atoms with Crippen molar-refractivity contribution in [2.75, 3.05) is 0 Å². The molecule has 144 valence electrons. The molecule has 5 aromatic rings. The average Bonchev–Trinajstić information content (AvgIpc) is 2.80. The van der Waals surface area contributed by atoms with Crippen LogP contribution in [-0.2, 0) is 6.42 Å². The highest BCUT2D eigenvalue weighted by atomic mass is 79.9. The Morgan fingerprint density at radius 1 is 0.567 bits per heavy atom. The third kappa shape index (κ3) is 3.34. The van der Waals surface area contributed by atoms with E-state index in [1.165, 1.54) is 16.3 Å². The lowest BCUT2D eigenvalue weighted by atomic mass is 9.91. The van der Waals surface area contributed by atoms with Crippen molar-refractivity contribution in [2.45, 2.75) is 6.42 Å². The van der Waals surface area contributed by atoms with Crippen molar-refractivity contribution < 1.29 is 4.79 Å². The summed E-state index contributed by atoms with van der Waals surface area (Å²) in [7, 11) is 0. The van der Waals surface area contributed by atoms with Crippen molar-refractivity contribution in [2.24, 2.45) is 0 Å². The van der Waals surface area contributed by atoms with Crippen molar-refractivity contribution >= 4 is 43.3 Å². The van der Waals surface area contributed by atoms with E-state index in [0.29, 0.717) is 0 Å². The SMILES string of the molecule is O=C(c1ccccc1Cc1cccc2ccccc12)c1ccc(Br)c2ccccc12. The third-order valence-corrected chi connectivity index (χ3v) is 6.33. The maximum atomic E-state index is 13.6. The summed E-state index contributed by atoms with van der Waals surface area (Å²) in [6.45, 7) is 0. The fraction of sp³-hybridized carbons (Fsp3) is 0.0357. The molecule has 5 aromatic carbocycles. The molecule has 0 atom stereocenters. The van der Waals surface area contributed by atoms with E-state index in [1.807, 2.05) is 54.6 Å². The second kappa shape index (κ2) is 7.89. The number of rotatable bonds is 4. The molecule has 30 heavy (non-hydrogen) atoms. The van der Waals surface area contributed by atoms with Crippen LogP contribution in [0.15, 0.2) is 108 Å². The highest BCUT2D eigenvalue weighted by Crippen LogP contribution is 2.30. The number of hydrogen-bond donors (Lipinski definition) is 0. The van der Waals surface area contributed by atoms with Gasteiger partial charge in [0.05, 0.1) is 0 Å². The minimum absolute atomic E-state index is 0.0644. The van der Waals surface area contributed by atoms with Gasteiger partial charge < -0.3 is 0 Å². The van der Waals surface area contributed by atoms with E-state index in [2.05, 4.69) is 64.5 Å². The molecule has 0 saturated heterocycles. The Labute approximate surface area is 184 Å². The molecule has 0 aliphatic carbocycles. The molecule has 0 amide bonds. The Morgan fingerprint density at radius 3 is 2.07 bits per heavy atom. The molecule has 0 bridgehead atoms. The molecule has 1 nitrogen and oxygen atoms in total. The molecule has 0 radical (unpaired) electrons. The largest absolute Gasteiger partial charge is 0.289 e. The van der Waals surface area contributed by atoms with Crippen LogP contribution < -0.4 is 0 Å². The molecule has 0 aromatic heterocycles. The first-order chi connectivity index (χ1) is 14.7. The van der Waals surface area contributed by atoms with E-state index in [1.54, 1.807) is 0 Å². The predicted molar refractivity (Wildman–Crippen MR) is 128 cm³/mol. The van der Waals surface area contributed by atoms with E-state index in [0.717, 1.165) is 38.4 Å². The normalized spacial score (nSPS) is 11.1. The molecule has 2 heteroatoms. The van der Waals surface area contributed by atoms with Crippen LogP contribution in [0.2, 0.25) is 0 Å². The first-order valence-corrected chi connectivity index (χ1v) is 10.8. The number of ketones is 1. The number of fused-ring (bicyclic) bond motifs is 2. The number of carbonyl (C=O) groups is 1. The summed E-state index contributed by atoms with van der Waals surface area (Å²) >= 11 is 3.61. The van der Waals surface area contributed by atoms with Gasteiger partial charge in [0.1, 0.15) is 0 Å². The van der Waals surface area contributed by atoms with Crippen LogP contribution in [-0.4, -0.2) is 5.78 Å². The lowest BCUT2D eigenvalue weighted by Gasteiger charge is -2.13. The van der Waals surface area contributed by atoms with Gasteiger partial charge in [-0.3, -0.25) is 4.79 Å². The van der Waals surface area contributed by atoms with Crippen LogP contribution in [0.25, 0.3) is 21.5 Å². The van der Waals surface area contributed by atoms with Gasteiger partial charge in [0.15, 0.2) is 5.78 Å². The first-order valence-electron chi connectivity index (χ1n) is 9.99. The lowest BCUT2D eigenvalue weighted by Crippen LogP contribution is -2.07. The second-order valence-corrected chi connectivity index (χ2v) is 8.30. The molecule has 0 aliphatic rings. The van der Waals surface area contributed by atoms with Crippen LogP contribution in [0.5, 0.6) is 0 Å². The fourth-order valence-corrected chi connectivity index (χ4v) is 4.63. The first kappa shape index (κ1) is 18.8. The van der Waals surface area contributed by atoms with Gasteiger partial charge in [0.25, 0.3) is 0 Å². The van der Waals surface area contributed by atoms with Gasteiger partial charge in [0.2, 0.25) is 0 Å². The van der Waals surface area contributed by atoms with Gasteiger partial charge in [-0.25, -0.2) is 0 Å². The van der Waals surface area contributed by atoms with Crippen molar-refractivity contribution in [3.63, 3.8) is 0 Å². The minimum Gasteiger partial charge on any atom is -0.289 e. The smallest absolute Gasteiger partial charge is 0.193 e. The van der Waals surface area contributed by atoms with E-state index < -0.39 is 0 Å². The van der Waals surface area contributed by atoms with Gasteiger partial charge in [0, 0.05) is 15.6 Å². The maximum absolute atomic E-state index is 13.6. The highest BCUT2D eigenvalue weighted by Gasteiger charge is 2.17. The fourth-order valence-electron chi connectivity index (χ4n) is 4.15. The number of benzene rings is 5. The molecule has 0 unspecified atom stereocenters. The van der Waals surface area contributed by atoms with Gasteiger partial charge in [-0.05, 0) is 51.2 Å². The third-order valence-electron chi connectivity index (χ3n) is 5.64. The van der Waals surface area contributed by atoms with E-state index >= 15 is 0 Å². The summed E-state index contributed by atoms with van der Waals surface area (Å²) < 4.78 is 0.999. The quantitative estimate of drug-likeness (QED) is 0.258. The summed E-state index contributed by atoms with van der Waals surface area (Å²) in [6, 6.07) is 34.6. The molecular weight excluding hydrogens is 432 g/mol. The maximum Gasteiger partial charge on any atom is 0.193 e. The van der Waals surface area contributed by atoms with E-state index in [4.69, 9.17) is 0 Å². The van der Waals surface area contributed by atoms with Crippen LogP contribution in [0, 0.1) is 0 Å². The summed E-state index contributed by atoms with van der Waals surface area (Å²) in [5.74, 6) is 0.0644. The number of hydrogen-bond acceptors (Lipinski definition) is 1. The van der Waals surface area contributed by atoms with Gasteiger partial charge in [-0.15, -0.1) is 0 Å². The molecule has 0 fully saturated rings. The van der Waals surface area contributed by atoms with Crippen molar-refractivity contribution in [1.29, 1.82) is 0 Å². The second-order valence-electron chi connectivity index (χ2n) is 7.44. The van der Waals surface area contributed by atoms with E-state index in [-0.39, 0.29) is 5.78 Å². The summed E-state index contributed by atoms with van der Waals surface area (Å²) in [5.41, 5.74) is 3.77. The zero-order chi connectivity index (χ0) is 20.5. The van der Waals surface area contributed by atoms with Crippen molar-refractivity contribution in [3.05, 3.63) is 130 Å². The molecule has 0 N–H and O–H groups in total. The van der Waals surface area contributed by atoms with E-state index in [9.17, 15) is 4.79 Å². The molecule has 0 spiro atoms. The average molecular weight is 451 g/mol. The lowest BCUT2D eigenvalue weighted by molar-refractivity contribution is 0.103. The minimum atomic E-state index is 0.0644. The number of halogens is 1. The topological polar surface area (TPSA) is 17.1 Å². The molecule has 5 rings (SSSR count). The zero-order valence-corrected chi connectivity index (χ0v) is 17.9. The van der Waals surface area contributed by atoms with Crippen LogP contribution in [0.4, 0.5) is 0 Å². The van der Waals surface area contributed by atoms with Gasteiger partial charge in [-0.1, -0.05) is 107 Å². The van der Waals surface area contributed by atoms with Gasteiger partial charge in [-0.2, -0.15) is 0 Å². The van der Waals surface area contributed by atoms with Crippen LogP contribution >= 0.6 is 15.9 Å². The Morgan fingerprint density at radius 2 is 1.20 bits per heavy atom. The van der Waals surface area contributed by atoms with Crippen molar-refractivity contribution in [1.82, 2.24) is 0 Å². The standard InChI is InChI=1S/C28H19BrO/c29-27-17-16-26(24-14-5-6-15-25(24)27)28(30)23-13-4-2-9-21(23)18-20-11-7-10-19-8-1-3-12-22(19)20/h1-17H,18H2. The summed E-state index contributed by atoms with van der Waals surface area (Å²) in [5, 5.41) is 4.47. The number of carbonyl (C=O) groups excluding carboxylic acids is 1. The Kier molecular flexibility index (Phi) is 4.94. The molecule has 0 aliphatic heterocycles. The predicted octanol–water partition coefficient (Wildman–Crippen LogP) is 7.58. The molecule has 0 heterocycles. The summed E-state index contributed by atoms with van der Waals surface area (Å²) in [6.07, 6.45) is 0.720. The van der Waals surface area contributed by atoms with Crippen LogP contribution in [0.1, 0.15) is 27.0 Å². The monoisotopic (exact) mass is 450 g/mol. The Hall–Kier alpha value is -3.23. The Balaban J connectivity index is 1.61. The highest BCUT2D eigenvalue weighted by molar-refractivity contribution is 9.10. The van der Waals surface area contributed by atoms with Crippen molar-refractivity contribution in [3.8, 4) is 0 Å². The zero-order valence-electron chi connectivity index (χ0n) is 16.3. The summed E-state index contributed by atoms with van der Waals surface area (Å²) in [4.78, 5) is 13.6. The Bertz CT molecular complexity index is 1400. The molecular formula is C28H19BrO. The molecule has 0 saturated carbocycles.